The number of nitrogens with zero attached hydrogens (tertiary/aromatic N) is 12. The summed E-state index contributed by atoms with van der Waals surface area (Å²) >= 11 is 0. The number of pyridine rings is 3. The van der Waals surface area contributed by atoms with Gasteiger partial charge in [-0.3, -0.25) is 23.9 Å². The third-order valence-corrected chi connectivity index (χ3v) is 14.7. The second-order valence-corrected chi connectivity index (χ2v) is 22.5. The minimum Gasteiger partial charge on any atom is -0.480 e. The number of fused-ring (bicyclic) bond motifs is 1. The lowest BCUT2D eigenvalue weighted by Crippen LogP contribution is -2.56. The molecule has 3 N–H and O–H groups in total. The van der Waals surface area contributed by atoms with Crippen LogP contribution in [0.2, 0.25) is 0 Å². The van der Waals surface area contributed by atoms with Crippen molar-refractivity contribution >= 4 is 41.2 Å². The lowest BCUT2D eigenvalue weighted by Gasteiger charge is -2.39. The van der Waals surface area contributed by atoms with Crippen molar-refractivity contribution in [2.45, 2.75) is 143 Å². The molecule has 0 aliphatic carbocycles. The zero-order chi connectivity index (χ0) is 57.7. The monoisotopic (exact) mass is 1100 g/mol. The van der Waals surface area contributed by atoms with Gasteiger partial charge >= 0.3 is 5.97 Å². The Hall–Kier alpha value is -8.67. The summed E-state index contributed by atoms with van der Waals surface area (Å²) in [5.74, 6) is -0.000694. The molecule has 3 amide bonds. The van der Waals surface area contributed by atoms with Gasteiger partial charge in [-0.1, -0.05) is 82.7 Å². The van der Waals surface area contributed by atoms with Crippen LogP contribution in [0.5, 0.6) is 11.6 Å². The molecule has 7 heterocycles. The smallest absolute Gasteiger partial charge is 0.326 e. The first kappa shape index (κ1) is 58.5. The molecule has 2 atom stereocenters. The van der Waals surface area contributed by atoms with Crippen molar-refractivity contribution in [1.29, 1.82) is 5.26 Å². The highest BCUT2D eigenvalue weighted by Gasteiger charge is 2.45. The molecule has 0 bridgehead atoms. The van der Waals surface area contributed by atoms with Gasteiger partial charge in [0.2, 0.25) is 23.6 Å². The SMILES string of the molecule is C[C@@H]1CN(c2ncc(-c3ccc4c(n3)N(Cc3cccnc3C#N)C(C)(C)C4=O)cn2)CCN1C(=O)CNC(=O)CCCCCCCCCCn1cc(-c2cccc(Oc3ccc(C(=O)NC(CCC(C)(C)C)C(=O)O)cn3)c2)nn1. The fraction of sp³-hybridized carbons (Fsp3) is 0.450. The van der Waals surface area contributed by atoms with Gasteiger partial charge in [0.1, 0.15) is 35.1 Å². The highest BCUT2D eigenvalue weighted by atomic mass is 16.5. The number of aryl methyl sites for hydroxylation is 1. The molecule has 81 heavy (non-hydrogen) atoms. The third-order valence-electron chi connectivity index (χ3n) is 14.7. The summed E-state index contributed by atoms with van der Waals surface area (Å²) in [5, 5.41) is 33.4. The van der Waals surface area contributed by atoms with E-state index in [-0.39, 0.29) is 47.0 Å². The molecule has 0 saturated carbocycles. The second-order valence-electron chi connectivity index (χ2n) is 22.5. The molecule has 1 aromatic carbocycles. The highest BCUT2D eigenvalue weighted by molar-refractivity contribution is 6.13. The highest BCUT2D eigenvalue weighted by Crippen LogP contribution is 2.40. The number of Topliss-reactive ketones (excluding diaryl/α,β-unsaturated/α-hetero) is 1. The van der Waals surface area contributed by atoms with Crippen molar-refractivity contribution in [3.05, 3.63) is 114 Å². The van der Waals surface area contributed by atoms with Gasteiger partial charge < -0.3 is 35.2 Å². The summed E-state index contributed by atoms with van der Waals surface area (Å²) in [4.78, 5) is 92.4. The number of carbonyl (C=O) groups is 5. The van der Waals surface area contributed by atoms with Crippen molar-refractivity contribution in [2.75, 3.05) is 36.0 Å². The number of hydrogen-bond acceptors (Lipinski definition) is 16. The van der Waals surface area contributed by atoms with Crippen molar-refractivity contribution < 1.29 is 33.8 Å². The number of carboxylic acids is 1. The molecule has 6 aromatic rings. The molecule has 5 aromatic heterocycles. The first-order valence-corrected chi connectivity index (χ1v) is 27.9. The molecule has 0 spiro atoms. The number of rotatable bonds is 25. The first-order chi connectivity index (χ1) is 38.9. The average Bonchev–Trinajstić information content (AvgIpc) is 3.77. The van der Waals surface area contributed by atoms with Gasteiger partial charge in [-0.15, -0.1) is 5.10 Å². The fourth-order valence-corrected chi connectivity index (χ4v) is 9.96. The number of nitrogens with one attached hydrogen (secondary N) is 2. The van der Waals surface area contributed by atoms with E-state index in [2.05, 4.69) is 47.0 Å². The predicted octanol–water partition coefficient (Wildman–Crippen LogP) is 8.61. The van der Waals surface area contributed by atoms with Crippen LogP contribution in [0.3, 0.4) is 0 Å². The van der Waals surface area contributed by atoms with Crippen molar-refractivity contribution in [3.63, 3.8) is 0 Å². The average molecular weight is 1100 g/mol. The van der Waals surface area contributed by atoms with E-state index in [9.17, 15) is 34.3 Å². The topological polar surface area (TPSA) is 268 Å². The molecule has 1 saturated heterocycles. The van der Waals surface area contributed by atoms with Crippen LogP contribution in [0.1, 0.15) is 144 Å². The number of anilines is 2. The number of amides is 3. The number of aromatic nitrogens is 8. The minimum absolute atomic E-state index is 0.0415. The van der Waals surface area contributed by atoms with Gasteiger partial charge in [0.25, 0.3) is 5.91 Å². The molecular weight excluding hydrogens is 1030 g/mol. The quantitative estimate of drug-likeness (QED) is 0.0453. The maximum Gasteiger partial charge on any atom is 0.326 e. The number of hydrogen-bond donors (Lipinski definition) is 3. The van der Waals surface area contributed by atoms with Crippen molar-refractivity contribution in [1.82, 2.24) is 55.4 Å². The van der Waals surface area contributed by atoms with Crippen LogP contribution in [0.4, 0.5) is 11.8 Å². The summed E-state index contributed by atoms with van der Waals surface area (Å²) in [5.41, 5.74) is 3.65. The van der Waals surface area contributed by atoms with Crippen LogP contribution < -0.4 is 25.2 Å². The van der Waals surface area contributed by atoms with E-state index in [4.69, 9.17) is 9.72 Å². The summed E-state index contributed by atoms with van der Waals surface area (Å²) in [7, 11) is 0. The largest absolute Gasteiger partial charge is 0.480 e. The molecule has 2 aliphatic heterocycles. The normalized spacial score (nSPS) is 15.2. The standard InChI is InChI=1S/C60H72N14O7/c1-40-37-71(58-65-34-44(35-66-58)47-23-22-46-54(77)60(5,6)74(55(46)67-47)38-43-18-16-27-62-49(43)32-61)29-30-73(40)53(76)36-63-51(75)20-13-11-9-7-8-10-12-14-28-72-39-50(69-70-72)41-17-15-19-45(31-41)81-52-24-21-42(33-64-52)56(78)68-48(57(79)80)25-26-59(2,3)4/h15-19,21-24,27,31,33-35,39-40,48H,7-14,20,25-26,28-30,36-38H2,1-6H3,(H,63,75)(H,68,78)(H,79,80)/t40-,48?/m1/s1. The summed E-state index contributed by atoms with van der Waals surface area (Å²) in [6.45, 7) is 14.3. The van der Waals surface area contributed by atoms with E-state index in [1.165, 1.54) is 6.20 Å². The number of ether oxygens (including phenoxy) is 1. The van der Waals surface area contributed by atoms with E-state index in [1.54, 1.807) is 59.9 Å². The van der Waals surface area contributed by atoms with Gasteiger partial charge in [-0.2, -0.15) is 5.26 Å². The number of benzene rings is 1. The molecular formula is C60H72N14O7. The molecule has 2 aliphatic rings. The maximum atomic E-state index is 13.5. The Kier molecular flexibility index (Phi) is 19.2. The lowest BCUT2D eigenvalue weighted by atomic mass is 9.88. The van der Waals surface area contributed by atoms with Gasteiger partial charge in [-0.25, -0.2) is 29.7 Å². The zero-order valence-corrected chi connectivity index (χ0v) is 47.1. The number of unbranched alkanes of at least 4 members (excludes halogenated alkanes) is 7. The van der Waals surface area contributed by atoms with Crippen molar-refractivity contribution in [2.24, 2.45) is 5.41 Å². The maximum absolute atomic E-state index is 13.5. The van der Waals surface area contributed by atoms with Crippen LogP contribution in [-0.4, -0.2) is 123 Å². The molecule has 21 heteroatoms. The number of carbonyl (C=O) groups excluding carboxylic acids is 4. The number of piperazine rings is 1. The van der Waals surface area contributed by atoms with E-state index in [0.717, 1.165) is 63.5 Å². The summed E-state index contributed by atoms with van der Waals surface area (Å²) in [6.07, 6.45) is 17.7. The predicted molar refractivity (Wildman–Crippen MR) is 304 cm³/mol. The minimum atomic E-state index is -1.08. The number of ketones is 1. The van der Waals surface area contributed by atoms with Crippen LogP contribution >= 0.6 is 0 Å². The molecule has 424 valence electrons. The fourth-order valence-electron chi connectivity index (χ4n) is 9.96. The third kappa shape index (κ3) is 15.4. The Morgan fingerprint density at radius 3 is 2.33 bits per heavy atom. The molecule has 1 unspecified atom stereocenters. The Balaban J connectivity index is 0.675. The van der Waals surface area contributed by atoms with Gasteiger partial charge in [-0.05, 0) is 88.3 Å². The number of carboxylic acid groups (broad SMARTS) is 1. The number of aliphatic carboxylic acids is 1. The van der Waals surface area contributed by atoms with E-state index in [1.807, 2.05) is 86.5 Å². The van der Waals surface area contributed by atoms with Crippen LogP contribution in [0, 0.1) is 16.7 Å². The second kappa shape index (κ2) is 26.5. The Morgan fingerprint density at radius 1 is 0.877 bits per heavy atom. The Labute approximate surface area is 472 Å². The summed E-state index contributed by atoms with van der Waals surface area (Å²) in [6, 6.07) is 18.7. The summed E-state index contributed by atoms with van der Waals surface area (Å²) < 4.78 is 7.81. The Bertz CT molecular complexity index is 3220. The molecule has 21 nitrogen and oxygen atoms in total. The van der Waals surface area contributed by atoms with Crippen LogP contribution in [0.25, 0.3) is 22.5 Å². The number of nitriles is 1. The molecule has 1 fully saturated rings. The first-order valence-electron chi connectivity index (χ1n) is 27.9. The van der Waals surface area contributed by atoms with Crippen LogP contribution in [-0.2, 0) is 27.5 Å². The van der Waals surface area contributed by atoms with Crippen molar-refractivity contribution in [3.8, 4) is 40.2 Å². The zero-order valence-electron chi connectivity index (χ0n) is 47.1. The van der Waals surface area contributed by atoms with Gasteiger partial charge in [0.15, 0.2) is 5.78 Å². The molecule has 0 radical (unpaired) electrons. The van der Waals surface area contributed by atoms with Gasteiger partial charge in [0, 0.05) is 92.7 Å². The van der Waals surface area contributed by atoms with E-state index in [0.29, 0.717) is 96.7 Å². The van der Waals surface area contributed by atoms with Crippen LogP contribution in [0.15, 0.2) is 91.6 Å². The Morgan fingerprint density at radius 2 is 1.63 bits per heavy atom. The van der Waals surface area contributed by atoms with E-state index < -0.39 is 23.5 Å². The van der Waals surface area contributed by atoms with E-state index >= 15 is 0 Å². The molecule has 8 rings (SSSR count). The van der Waals surface area contributed by atoms with Gasteiger partial charge in [0.05, 0.1) is 35.1 Å². The lowest BCUT2D eigenvalue weighted by molar-refractivity contribution is -0.139.